The Kier molecular flexibility index (Phi) is 4.95. The average Bonchev–Trinajstić information content (AvgIpc) is 2.29. The molecule has 0 saturated carbocycles. The zero-order valence-electron chi connectivity index (χ0n) is 9.53. The second-order valence-corrected chi connectivity index (χ2v) is 3.67. The normalized spacial score (nSPS) is 13.1. The highest BCUT2D eigenvalue weighted by atomic mass is 35.5. The highest BCUT2D eigenvalue weighted by molar-refractivity contribution is 6.30. The molecular formula is C10H16ClN3O2. The molecule has 0 amide bonds. The quantitative estimate of drug-likeness (QED) is 0.763. The highest BCUT2D eigenvalue weighted by Gasteiger charge is 2.23. The zero-order valence-corrected chi connectivity index (χ0v) is 10.3. The molecule has 16 heavy (non-hydrogen) atoms. The van der Waals surface area contributed by atoms with E-state index in [1.807, 2.05) is 0 Å². The van der Waals surface area contributed by atoms with Crippen molar-refractivity contribution in [1.29, 1.82) is 0 Å². The second-order valence-electron chi connectivity index (χ2n) is 3.23. The number of ether oxygens (including phenoxy) is 2. The number of hydrogen-bond donors (Lipinski definition) is 2. The van der Waals surface area contributed by atoms with Crippen LogP contribution in [-0.4, -0.2) is 32.5 Å². The summed E-state index contributed by atoms with van der Waals surface area (Å²) in [5, 5.41) is 3.58. The molecule has 0 radical (unpaired) electrons. The van der Waals surface area contributed by atoms with Gasteiger partial charge in [0.25, 0.3) is 0 Å². The predicted octanol–water partition coefficient (Wildman–Crippen LogP) is 1.20. The molecular weight excluding hydrogens is 230 g/mol. The molecule has 0 aliphatic carbocycles. The van der Waals surface area contributed by atoms with Gasteiger partial charge in [-0.05, 0) is 13.1 Å². The monoisotopic (exact) mass is 245 g/mol. The van der Waals surface area contributed by atoms with Crippen molar-refractivity contribution in [3.05, 3.63) is 22.8 Å². The first-order valence-electron chi connectivity index (χ1n) is 4.77. The number of nitrogen functional groups attached to an aromatic ring is 1. The van der Waals surface area contributed by atoms with Gasteiger partial charge in [-0.1, -0.05) is 11.6 Å². The van der Waals surface area contributed by atoms with Crippen LogP contribution in [0.3, 0.4) is 0 Å². The summed E-state index contributed by atoms with van der Waals surface area (Å²) in [6.45, 7) is 0. The van der Waals surface area contributed by atoms with Gasteiger partial charge >= 0.3 is 0 Å². The minimum absolute atomic E-state index is 0.221. The number of anilines is 1. The van der Waals surface area contributed by atoms with E-state index in [2.05, 4.69) is 10.3 Å². The van der Waals surface area contributed by atoms with Gasteiger partial charge in [-0.2, -0.15) is 0 Å². The SMILES string of the molecule is CNC(c1cc(Cl)cnc1N)C(OC)OC. The maximum Gasteiger partial charge on any atom is 0.176 e. The number of aromatic nitrogens is 1. The molecule has 0 bridgehead atoms. The summed E-state index contributed by atoms with van der Waals surface area (Å²) in [5.41, 5.74) is 6.55. The largest absolute Gasteiger partial charge is 0.383 e. The Morgan fingerprint density at radius 3 is 2.56 bits per heavy atom. The molecule has 0 aromatic carbocycles. The molecule has 0 spiro atoms. The Balaban J connectivity index is 3.06. The third-order valence-corrected chi connectivity index (χ3v) is 2.51. The van der Waals surface area contributed by atoms with E-state index in [4.69, 9.17) is 26.8 Å². The number of methoxy groups -OCH3 is 2. The first-order valence-corrected chi connectivity index (χ1v) is 5.15. The molecule has 1 rings (SSSR count). The number of nitrogens with two attached hydrogens (primary N) is 1. The van der Waals surface area contributed by atoms with Crippen molar-refractivity contribution < 1.29 is 9.47 Å². The minimum Gasteiger partial charge on any atom is -0.383 e. The van der Waals surface area contributed by atoms with Gasteiger partial charge in [-0.15, -0.1) is 0 Å². The molecule has 3 N–H and O–H groups in total. The van der Waals surface area contributed by atoms with Gasteiger partial charge in [0, 0.05) is 26.0 Å². The van der Waals surface area contributed by atoms with Crippen molar-refractivity contribution in [1.82, 2.24) is 10.3 Å². The van der Waals surface area contributed by atoms with Crippen LogP contribution in [0.4, 0.5) is 5.82 Å². The number of rotatable bonds is 5. The van der Waals surface area contributed by atoms with Crippen molar-refractivity contribution >= 4 is 17.4 Å². The zero-order chi connectivity index (χ0) is 12.1. The van der Waals surface area contributed by atoms with E-state index >= 15 is 0 Å². The molecule has 0 aliphatic heterocycles. The topological polar surface area (TPSA) is 69.4 Å². The lowest BCUT2D eigenvalue weighted by Crippen LogP contribution is -2.33. The van der Waals surface area contributed by atoms with Gasteiger partial charge in [-0.25, -0.2) is 4.98 Å². The Labute approximate surface area is 99.9 Å². The Hall–Kier alpha value is -0.880. The van der Waals surface area contributed by atoms with Crippen LogP contribution in [0.5, 0.6) is 0 Å². The summed E-state index contributed by atoms with van der Waals surface area (Å²) >= 11 is 5.88. The third-order valence-electron chi connectivity index (χ3n) is 2.30. The Morgan fingerprint density at radius 2 is 2.06 bits per heavy atom. The van der Waals surface area contributed by atoms with Crippen LogP contribution in [0.15, 0.2) is 12.3 Å². The minimum atomic E-state index is -0.451. The smallest absolute Gasteiger partial charge is 0.176 e. The number of halogens is 1. The standard InChI is InChI=1S/C10H16ClN3O2/c1-13-8(10(15-2)16-3)7-4-6(11)5-14-9(7)12/h4-5,8,10,13H,1-3H3,(H2,12,14). The van der Waals surface area contributed by atoms with Crippen LogP contribution in [0.25, 0.3) is 0 Å². The molecule has 1 aromatic rings. The van der Waals surface area contributed by atoms with E-state index in [0.717, 1.165) is 5.56 Å². The summed E-state index contributed by atoms with van der Waals surface area (Å²) in [5.74, 6) is 0.405. The summed E-state index contributed by atoms with van der Waals surface area (Å²) < 4.78 is 10.4. The van der Waals surface area contributed by atoms with E-state index in [0.29, 0.717) is 10.8 Å². The van der Waals surface area contributed by atoms with Gasteiger partial charge in [0.15, 0.2) is 6.29 Å². The van der Waals surface area contributed by atoms with Crippen LogP contribution in [0.2, 0.25) is 5.02 Å². The summed E-state index contributed by atoms with van der Waals surface area (Å²) in [6, 6.07) is 1.53. The Morgan fingerprint density at radius 1 is 1.44 bits per heavy atom. The predicted molar refractivity (Wildman–Crippen MR) is 63.3 cm³/mol. The maximum atomic E-state index is 5.88. The lowest BCUT2D eigenvalue weighted by Gasteiger charge is -2.25. The molecule has 0 aliphatic rings. The van der Waals surface area contributed by atoms with E-state index in [-0.39, 0.29) is 6.04 Å². The summed E-state index contributed by atoms with van der Waals surface area (Å²) in [6.07, 6.45) is 1.05. The molecule has 1 heterocycles. The van der Waals surface area contributed by atoms with Crippen molar-refractivity contribution in [3.63, 3.8) is 0 Å². The Bertz CT molecular complexity index is 345. The van der Waals surface area contributed by atoms with E-state index < -0.39 is 6.29 Å². The number of nitrogens with one attached hydrogen (secondary N) is 1. The van der Waals surface area contributed by atoms with Crippen molar-refractivity contribution in [2.75, 3.05) is 27.0 Å². The summed E-state index contributed by atoms with van der Waals surface area (Å²) in [4.78, 5) is 3.99. The molecule has 5 nitrogen and oxygen atoms in total. The van der Waals surface area contributed by atoms with Crippen molar-refractivity contribution in [2.45, 2.75) is 12.3 Å². The molecule has 1 unspecified atom stereocenters. The van der Waals surface area contributed by atoms with Gasteiger partial charge in [-0.3, -0.25) is 0 Å². The molecule has 1 aromatic heterocycles. The number of nitrogens with zero attached hydrogens (tertiary/aromatic N) is 1. The highest BCUT2D eigenvalue weighted by Crippen LogP contribution is 2.25. The lowest BCUT2D eigenvalue weighted by molar-refractivity contribution is -0.122. The first-order chi connectivity index (χ1) is 7.63. The molecule has 90 valence electrons. The fraction of sp³-hybridized carbons (Fsp3) is 0.500. The van der Waals surface area contributed by atoms with Crippen molar-refractivity contribution in [3.8, 4) is 0 Å². The van der Waals surface area contributed by atoms with Gasteiger partial charge < -0.3 is 20.5 Å². The number of pyridine rings is 1. The van der Waals surface area contributed by atoms with Crippen LogP contribution >= 0.6 is 11.6 Å². The molecule has 1 atom stereocenters. The van der Waals surface area contributed by atoms with Gasteiger partial charge in [0.1, 0.15) is 5.82 Å². The second kappa shape index (κ2) is 6.00. The summed E-state index contributed by atoms with van der Waals surface area (Å²) in [7, 11) is 4.91. The van der Waals surface area contributed by atoms with Crippen LogP contribution in [0, 0.1) is 0 Å². The maximum absolute atomic E-state index is 5.88. The van der Waals surface area contributed by atoms with Crippen LogP contribution < -0.4 is 11.1 Å². The average molecular weight is 246 g/mol. The van der Waals surface area contributed by atoms with Crippen LogP contribution in [0.1, 0.15) is 11.6 Å². The first kappa shape index (κ1) is 13.2. The fourth-order valence-electron chi connectivity index (χ4n) is 1.52. The van der Waals surface area contributed by atoms with E-state index in [1.54, 1.807) is 27.3 Å². The third kappa shape index (κ3) is 2.82. The van der Waals surface area contributed by atoms with E-state index in [1.165, 1.54) is 6.20 Å². The molecule has 0 fully saturated rings. The number of hydrogen-bond acceptors (Lipinski definition) is 5. The fourth-order valence-corrected chi connectivity index (χ4v) is 1.69. The van der Waals surface area contributed by atoms with E-state index in [9.17, 15) is 0 Å². The molecule has 0 saturated heterocycles. The van der Waals surface area contributed by atoms with Crippen molar-refractivity contribution in [2.24, 2.45) is 0 Å². The van der Waals surface area contributed by atoms with Gasteiger partial charge in [0.05, 0.1) is 11.1 Å². The molecule has 6 heteroatoms. The lowest BCUT2D eigenvalue weighted by atomic mass is 10.1. The number of likely N-dealkylation sites (N-methyl/N-ethyl adjacent to an activating group) is 1. The van der Waals surface area contributed by atoms with Crippen LogP contribution in [-0.2, 0) is 9.47 Å². The van der Waals surface area contributed by atoms with Gasteiger partial charge in [0.2, 0.25) is 0 Å².